The van der Waals surface area contributed by atoms with Crippen LogP contribution in [0.25, 0.3) is 0 Å². The lowest BCUT2D eigenvalue weighted by molar-refractivity contribution is -0.154. The molecule has 2 saturated heterocycles. The van der Waals surface area contributed by atoms with Gasteiger partial charge >= 0.3 is 5.97 Å². The molecule has 6 nitrogen and oxygen atoms in total. The molecule has 0 bridgehead atoms. The Hall–Kier alpha value is -1.85. The first-order chi connectivity index (χ1) is 15.6. The number of hydrogen-bond acceptors (Lipinski definition) is 4. The van der Waals surface area contributed by atoms with Crippen molar-refractivity contribution in [2.75, 3.05) is 20.2 Å². The number of esters is 1. The van der Waals surface area contributed by atoms with Crippen LogP contribution < -0.4 is 0 Å². The highest BCUT2D eigenvalue weighted by atomic mass is 16.5. The van der Waals surface area contributed by atoms with E-state index in [0.29, 0.717) is 31.8 Å². The van der Waals surface area contributed by atoms with Gasteiger partial charge in [0.2, 0.25) is 11.8 Å². The van der Waals surface area contributed by atoms with E-state index in [0.717, 1.165) is 38.5 Å². The molecule has 4 rings (SSSR count). The summed E-state index contributed by atoms with van der Waals surface area (Å²) in [5.74, 6) is 0.134. The van der Waals surface area contributed by atoms with Crippen molar-refractivity contribution in [3.05, 3.63) is 11.6 Å². The molecule has 0 aromatic carbocycles. The Morgan fingerprint density at radius 1 is 0.844 bits per heavy atom. The molecule has 3 fully saturated rings. The fraction of sp³-hybridized carbons (Fsp3) is 0.808. The van der Waals surface area contributed by atoms with E-state index in [1.165, 1.54) is 51.2 Å². The summed E-state index contributed by atoms with van der Waals surface area (Å²) in [6.45, 7) is 1.23. The van der Waals surface area contributed by atoms with Gasteiger partial charge in [0, 0.05) is 13.1 Å². The summed E-state index contributed by atoms with van der Waals surface area (Å²) in [7, 11) is 1.38. The van der Waals surface area contributed by atoms with Gasteiger partial charge in [-0.1, -0.05) is 37.3 Å². The lowest BCUT2D eigenvalue weighted by Crippen LogP contribution is -2.53. The maximum Gasteiger partial charge on any atom is 0.328 e. The van der Waals surface area contributed by atoms with E-state index in [-0.39, 0.29) is 23.7 Å². The van der Waals surface area contributed by atoms with Gasteiger partial charge in [-0.15, -0.1) is 0 Å². The minimum Gasteiger partial charge on any atom is -0.467 e. The third-order valence-electron chi connectivity index (χ3n) is 8.19. The van der Waals surface area contributed by atoms with Gasteiger partial charge < -0.3 is 14.5 Å². The van der Waals surface area contributed by atoms with Crippen molar-refractivity contribution in [3.63, 3.8) is 0 Å². The molecule has 3 atom stereocenters. The zero-order chi connectivity index (χ0) is 22.5. The second kappa shape index (κ2) is 10.8. The Morgan fingerprint density at radius 3 is 2.28 bits per heavy atom. The first-order valence-electron chi connectivity index (χ1n) is 13.0. The van der Waals surface area contributed by atoms with Crippen molar-refractivity contribution in [1.29, 1.82) is 0 Å². The number of methoxy groups -OCH3 is 1. The summed E-state index contributed by atoms with van der Waals surface area (Å²) in [5.41, 5.74) is 1.34. The van der Waals surface area contributed by atoms with Crippen LogP contribution in [0.2, 0.25) is 0 Å². The lowest BCUT2D eigenvalue weighted by Gasteiger charge is -2.37. The molecular formula is C26H40N2O4. The first kappa shape index (κ1) is 23.3. The van der Waals surface area contributed by atoms with Crippen LogP contribution in [0.3, 0.4) is 0 Å². The van der Waals surface area contributed by atoms with Gasteiger partial charge in [-0.05, 0) is 70.1 Å². The maximum absolute atomic E-state index is 14.1. The quantitative estimate of drug-likeness (QED) is 0.470. The number of amides is 2. The number of carbonyl (C=O) groups excluding carboxylic acids is 3. The monoisotopic (exact) mass is 444 g/mol. The normalized spacial score (nSPS) is 28.2. The van der Waals surface area contributed by atoms with E-state index in [4.69, 9.17) is 4.74 Å². The largest absolute Gasteiger partial charge is 0.467 e. The molecule has 0 radical (unpaired) electrons. The standard InChI is InChI=1S/C26H40N2O4/c1-32-26(31)22-16-10-18-28(22)24(29)21-15-9-17-27(21)25(30)23(20-13-7-4-8-14-20)19-11-5-2-3-6-12-19/h11,20-23H,2-10,12-18H2,1H3/t21-,22+,23?/m1/s1. The Bertz CT molecular complexity index is 727. The van der Waals surface area contributed by atoms with Crippen molar-refractivity contribution >= 4 is 17.8 Å². The van der Waals surface area contributed by atoms with Crippen molar-refractivity contribution in [1.82, 2.24) is 9.80 Å². The fourth-order valence-electron chi connectivity index (χ4n) is 6.52. The second-order valence-electron chi connectivity index (χ2n) is 10.2. The first-order valence-corrected chi connectivity index (χ1v) is 13.0. The van der Waals surface area contributed by atoms with E-state index >= 15 is 0 Å². The smallest absolute Gasteiger partial charge is 0.328 e. The van der Waals surface area contributed by atoms with Crippen LogP contribution in [0.5, 0.6) is 0 Å². The molecule has 4 aliphatic rings. The number of carbonyl (C=O) groups is 3. The molecule has 2 aliphatic heterocycles. The predicted octanol–water partition coefficient (Wildman–Crippen LogP) is 4.23. The van der Waals surface area contributed by atoms with Crippen LogP contribution in [0, 0.1) is 11.8 Å². The molecule has 0 spiro atoms. The molecule has 2 aliphatic carbocycles. The van der Waals surface area contributed by atoms with Crippen LogP contribution in [0.15, 0.2) is 11.6 Å². The molecule has 0 N–H and O–H groups in total. The summed E-state index contributed by atoms with van der Waals surface area (Å²) < 4.78 is 4.94. The minimum absolute atomic E-state index is 0.0546. The number of nitrogens with zero attached hydrogens (tertiary/aromatic N) is 2. The van der Waals surface area contributed by atoms with Crippen LogP contribution in [-0.2, 0) is 19.1 Å². The van der Waals surface area contributed by atoms with E-state index in [2.05, 4.69) is 6.08 Å². The van der Waals surface area contributed by atoms with Gasteiger partial charge in [0.1, 0.15) is 12.1 Å². The lowest BCUT2D eigenvalue weighted by atomic mass is 9.74. The highest BCUT2D eigenvalue weighted by molar-refractivity contribution is 5.93. The Kier molecular flexibility index (Phi) is 7.90. The van der Waals surface area contributed by atoms with Crippen LogP contribution in [-0.4, -0.2) is 59.9 Å². The van der Waals surface area contributed by atoms with Gasteiger partial charge in [0.15, 0.2) is 0 Å². The van der Waals surface area contributed by atoms with E-state index < -0.39 is 12.1 Å². The Balaban J connectivity index is 1.55. The predicted molar refractivity (Wildman–Crippen MR) is 123 cm³/mol. The van der Waals surface area contributed by atoms with Gasteiger partial charge in [-0.25, -0.2) is 4.79 Å². The van der Waals surface area contributed by atoms with Gasteiger partial charge in [0.25, 0.3) is 0 Å². The number of rotatable bonds is 5. The molecule has 2 heterocycles. The SMILES string of the molecule is COC(=O)[C@@H]1CCCN1C(=O)[C@H]1CCCN1C(=O)C(C1=CCCCCC1)C1CCCCC1. The molecule has 1 saturated carbocycles. The van der Waals surface area contributed by atoms with Crippen molar-refractivity contribution in [2.24, 2.45) is 11.8 Å². The van der Waals surface area contributed by atoms with Gasteiger partial charge in [-0.3, -0.25) is 9.59 Å². The average molecular weight is 445 g/mol. The van der Waals surface area contributed by atoms with E-state index in [1.54, 1.807) is 4.90 Å². The third kappa shape index (κ3) is 4.89. The van der Waals surface area contributed by atoms with E-state index in [9.17, 15) is 14.4 Å². The zero-order valence-corrected chi connectivity index (χ0v) is 19.7. The summed E-state index contributed by atoms with van der Waals surface area (Å²) in [6.07, 6.45) is 17.0. The molecular weight excluding hydrogens is 404 g/mol. The summed E-state index contributed by atoms with van der Waals surface area (Å²) in [5, 5.41) is 0. The topological polar surface area (TPSA) is 66.9 Å². The van der Waals surface area contributed by atoms with E-state index in [1.807, 2.05) is 4.90 Å². The molecule has 0 aromatic heterocycles. The average Bonchev–Trinajstić information content (AvgIpc) is 3.44. The second-order valence-corrected chi connectivity index (χ2v) is 10.2. The molecule has 1 unspecified atom stereocenters. The van der Waals surface area contributed by atoms with Gasteiger partial charge in [0.05, 0.1) is 13.0 Å². The number of allylic oxidation sites excluding steroid dienone is 1. The number of ether oxygens (including phenoxy) is 1. The van der Waals surface area contributed by atoms with Crippen molar-refractivity contribution in [3.8, 4) is 0 Å². The highest BCUT2D eigenvalue weighted by Crippen LogP contribution is 2.39. The summed E-state index contributed by atoms with van der Waals surface area (Å²) >= 11 is 0. The molecule has 32 heavy (non-hydrogen) atoms. The van der Waals surface area contributed by atoms with Crippen molar-refractivity contribution in [2.45, 2.75) is 102 Å². The molecule has 6 heteroatoms. The number of hydrogen-bond donors (Lipinski definition) is 0. The molecule has 2 amide bonds. The summed E-state index contributed by atoms with van der Waals surface area (Å²) in [4.78, 5) is 43.4. The minimum atomic E-state index is -0.497. The Labute approximate surface area is 192 Å². The zero-order valence-electron chi connectivity index (χ0n) is 19.7. The fourth-order valence-corrected chi connectivity index (χ4v) is 6.52. The number of likely N-dealkylation sites (tertiary alicyclic amines) is 2. The highest BCUT2D eigenvalue weighted by Gasteiger charge is 2.45. The van der Waals surface area contributed by atoms with Crippen molar-refractivity contribution < 1.29 is 19.1 Å². The van der Waals surface area contributed by atoms with Crippen LogP contribution in [0.1, 0.15) is 89.9 Å². The Morgan fingerprint density at radius 2 is 1.53 bits per heavy atom. The maximum atomic E-state index is 14.1. The third-order valence-corrected chi connectivity index (χ3v) is 8.19. The van der Waals surface area contributed by atoms with Crippen LogP contribution in [0.4, 0.5) is 0 Å². The molecule has 178 valence electrons. The summed E-state index contributed by atoms with van der Waals surface area (Å²) in [6, 6.07) is -0.922. The van der Waals surface area contributed by atoms with Gasteiger partial charge in [-0.2, -0.15) is 0 Å². The van der Waals surface area contributed by atoms with Crippen LogP contribution >= 0.6 is 0 Å². The molecule has 0 aromatic rings.